The lowest BCUT2D eigenvalue weighted by atomic mass is 10.1. The highest BCUT2D eigenvalue weighted by molar-refractivity contribution is 5.90. The third-order valence-electron chi connectivity index (χ3n) is 3.43. The molecule has 0 atom stereocenters. The highest BCUT2D eigenvalue weighted by Crippen LogP contribution is 2.11. The van der Waals surface area contributed by atoms with Crippen molar-refractivity contribution in [2.75, 3.05) is 11.9 Å². The second-order valence-corrected chi connectivity index (χ2v) is 5.27. The second kappa shape index (κ2) is 7.60. The number of aryl methyl sites for hydroxylation is 2. The fourth-order valence-electron chi connectivity index (χ4n) is 2.16. The summed E-state index contributed by atoms with van der Waals surface area (Å²) in [5.41, 5.74) is 9.97. The molecule has 0 bridgehead atoms. The number of amides is 1. The van der Waals surface area contributed by atoms with Crippen molar-refractivity contribution in [1.29, 1.82) is 0 Å². The molecule has 0 aliphatic heterocycles. The van der Waals surface area contributed by atoms with Crippen molar-refractivity contribution in [2.24, 2.45) is 5.73 Å². The Labute approximate surface area is 126 Å². The number of rotatable bonds is 6. The van der Waals surface area contributed by atoms with E-state index in [1.165, 1.54) is 16.7 Å². The van der Waals surface area contributed by atoms with Crippen LogP contribution in [0.1, 0.15) is 23.1 Å². The molecule has 1 amide bonds. The number of nitrogens with one attached hydrogen (secondary N) is 1. The van der Waals surface area contributed by atoms with Gasteiger partial charge < -0.3 is 11.1 Å². The highest BCUT2D eigenvalue weighted by Gasteiger charge is 2.03. The lowest BCUT2D eigenvalue weighted by molar-refractivity contribution is -0.116. The quantitative estimate of drug-likeness (QED) is 0.855. The van der Waals surface area contributed by atoms with E-state index in [1.807, 2.05) is 24.3 Å². The Kier molecular flexibility index (Phi) is 5.52. The van der Waals surface area contributed by atoms with Crippen LogP contribution in [0, 0.1) is 6.92 Å². The number of benzene rings is 2. The number of carbonyl (C=O) groups is 1. The van der Waals surface area contributed by atoms with Gasteiger partial charge in [0.15, 0.2) is 0 Å². The monoisotopic (exact) mass is 282 g/mol. The average Bonchev–Trinajstić information content (AvgIpc) is 2.49. The summed E-state index contributed by atoms with van der Waals surface area (Å²) in [4.78, 5) is 11.9. The fraction of sp³-hybridized carbons (Fsp3) is 0.278. The molecule has 2 aromatic carbocycles. The Hall–Kier alpha value is -2.13. The lowest BCUT2D eigenvalue weighted by Gasteiger charge is -2.07. The van der Waals surface area contributed by atoms with E-state index < -0.39 is 0 Å². The summed E-state index contributed by atoms with van der Waals surface area (Å²) in [5, 5.41) is 2.92. The fourth-order valence-corrected chi connectivity index (χ4v) is 2.16. The molecule has 0 saturated carbocycles. The summed E-state index contributed by atoms with van der Waals surface area (Å²) >= 11 is 0. The summed E-state index contributed by atoms with van der Waals surface area (Å²) in [6.45, 7) is 2.70. The van der Waals surface area contributed by atoms with Gasteiger partial charge >= 0.3 is 0 Å². The van der Waals surface area contributed by atoms with E-state index in [0.29, 0.717) is 13.0 Å². The highest BCUT2D eigenvalue weighted by atomic mass is 16.1. The zero-order chi connectivity index (χ0) is 15.1. The molecule has 110 valence electrons. The van der Waals surface area contributed by atoms with Gasteiger partial charge in [0, 0.05) is 12.1 Å². The van der Waals surface area contributed by atoms with Crippen LogP contribution in [0.3, 0.4) is 0 Å². The first-order chi connectivity index (χ1) is 10.2. The van der Waals surface area contributed by atoms with Gasteiger partial charge in [-0.3, -0.25) is 4.79 Å². The molecule has 0 radical (unpaired) electrons. The molecule has 0 unspecified atom stereocenters. The third-order valence-corrected chi connectivity index (χ3v) is 3.43. The Bertz CT molecular complexity index is 573. The van der Waals surface area contributed by atoms with Gasteiger partial charge in [-0.25, -0.2) is 0 Å². The summed E-state index contributed by atoms with van der Waals surface area (Å²) in [5.74, 6) is 0.0437. The van der Waals surface area contributed by atoms with Crippen molar-refractivity contribution < 1.29 is 4.79 Å². The molecule has 3 N–H and O–H groups in total. The van der Waals surface area contributed by atoms with Crippen LogP contribution in [0.25, 0.3) is 0 Å². The van der Waals surface area contributed by atoms with Crippen molar-refractivity contribution >= 4 is 11.6 Å². The van der Waals surface area contributed by atoms with Gasteiger partial charge in [-0.15, -0.1) is 0 Å². The van der Waals surface area contributed by atoms with Gasteiger partial charge in [0.1, 0.15) is 0 Å². The number of carbonyl (C=O) groups excluding carboxylic acids is 1. The maximum atomic E-state index is 11.9. The number of anilines is 1. The smallest absolute Gasteiger partial charge is 0.224 e. The summed E-state index contributed by atoms with van der Waals surface area (Å²) in [7, 11) is 0. The SMILES string of the molecule is Cc1ccc(CCC(=O)Nc2ccc(CCN)cc2)cc1. The van der Waals surface area contributed by atoms with E-state index >= 15 is 0 Å². The lowest BCUT2D eigenvalue weighted by Crippen LogP contribution is -2.12. The maximum absolute atomic E-state index is 11.9. The first-order valence-corrected chi connectivity index (χ1v) is 7.32. The number of nitrogens with two attached hydrogens (primary N) is 1. The summed E-state index contributed by atoms with van der Waals surface area (Å²) in [6.07, 6.45) is 2.12. The van der Waals surface area contributed by atoms with E-state index in [2.05, 4.69) is 36.5 Å². The molecule has 0 heterocycles. The maximum Gasteiger partial charge on any atom is 0.224 e. The normalized spacial score (nSPS) is 10.4. The van der Waals surface area contributed by atoms with E-state index in [0.717, 1.165) is 18.5 Å². The van der Waals surface area contributed by atoms with Crippen LogP contribution in [-0.2, 0) is 17.6 Å². The van der Waals surface area contributed by atoms with Crippen molar-refractivity contribution in [3.63, 3.8) is 0 Å². The summed E-state index contributed by atoms with van der Waals surface area (Å²) < 4.78 is 0. The van der Waals surface area contributed by atoms with Gasteiger partial charge in [-0.1, -0.05) is 42.0 Å². The Morgan fingerprint density at radius 2 is 1.52 bits per heavy atom. The molecule has 0 aromatic heterocycles. The van der Waals surface area contributed by atoms with Gasteiger partial charge in [0.25, 0.3) is 0 Å². The van der Waals surface area contributed by atoms with E-state index in [1.54, 1.807) is 0 Å². The third kappa shape index (κ3) is 5.04. The van der Waals surface area contributed by atoms with Crippen molar-refractivity contribution in [3.05, 3.63) is 65.2 Å². The van der Waals surface area contributed by atoms with Gasteiger partial charge in [0.05, 0.1) is 0 Å². The number of hydrogen-bond acceptors (Lipinski definition) is 2. The first-order valence-electron chi connectivity index (χ1n) is 7.32. The van der Waals surface area contributed by atoms with Crippen molar-refractivity contribution in [1.82, 2.24) is 0 Å². The molecule has 2 rings (SSSR count). The van der Waals surface area contributed by atoms with Crippen LogP contribution in [0.5, 0.6) is 0 Å². The topological polar surface area (TPSA) is 55.1 Å². The Morgan fingerprint density at radius 1 is 0.952 bits per heavy atom. The van der Waals surface area contributed by atoms with Crippen LogP contribution >= 0.6 is 0 Å². The van der Waals surface area contributed by atoms with E-state index in [4.69, 9.17) is 5.73 Å². The zero-order valence-electron chi connectivity index (χ0n) is 12.4. The molecule has 2 aromatic rings. The predicted molar refractivity (Wildman–Crippen MR) is 87.3 cm³/mol. The molecule has 0 aliphatic carbocycles. The van der Waals surface area contributed by atoms with Crippen LogP contribution in [-0.4, -0.2) is 12.5 Å². The molecule has 0 spiro atoms. The van der Waals surface area contributed by atoms with E-state index in [-0.39, 0.29) is 5.91 Å². The van der Waals surface area contributed by atoms with Crippen LogP contribution in [0.4, 0.5) is 5.69 Å². The van der Waals surface area contributed by atoms with Gasteiger partial charge in [-0.05, 0) is 49.6 Å². The minimum atomic E-state index is 0.0437. The molecule has 0 saturated heterocycles. The molecular formula is C18H22N2O. The summed E-state index contributed by atoms with van der Waals surface area (Å²) in [6, 6.07) is 16.1. The molecule has 0 fully saturated rings. The molecule has 3 heteroatoms. The average molecular weight is 282 g/mol. The van der Waals surface area contributed by atoms with E-state index in [9.17, 15) is 4.79 Å². The molecule has 3 nitrogen and oxygen atoms in total. The van der Waals surface area contributed by atoms with Crippen molar-refractivity contribution in [3.8, 4) is 0 Å². The van der Waals surface area contributed by atoms with Crippen molar-refractivity contribution in [2.45, 2.75) is 26.2 Å². The van der Waals surface area contributed by atoms with Gasteiger partial charge in [0.2, 0.25) is 5.91 Å². The van der Waals surface area contributed by atoms with Crippen LogP contribution in [0.2, 0.25) is 0 Å². The largest absolute Gasteiger partial charge is 0.330 e. The molecule has 0 aliphatic rings. The number of hydrogen-bond donors (Lipinski definition) is 2. The second-order valence-electron chi connectivity index (χ2n) is 5.27. The zero-order valence-corrected chi connectivity index (χ0v) is 12.4. The first kappa shape index (κ1) is 15.3. The predicted octanol–water partition coefficient (Wildman–Crippen LogP) is 3.07. The Balaban J connectivity index is 1.82. The molecule has 21 heavy (non-hydrogen) atoms. The van der Waals surface area contributed by atoms with Crippen LogP contribution < -0.4 is 11.1 Å². The molecular weight excluding hydrogens is 260 g/mol. The Morgan fingerprint density at radius 3 is 2.14 bits per heavy atom. The minimum absolute atomic E-state index is 0.0437. The van der Waals surface area contributed by atoms with Gasteiger partial charge in [-0.2, -0.15) is 0 Å². The van der Waals surface area contributed by atoms with Crippen LogP contribution in [0.15, 0.2) is 48.5 Å². The minimum Gasteiger partial charge on any atom is -0.330 e. The standard InChI is InChI=1S/C18H22N2O/c1-14-2-4-15(5-3-14)8-11-18(21)20-17-9-6-16(7-10-17)12-13-19/h2-7,9-10H,8,11-13,19H2,1H3,(H,20,21).